The molecule has 0 bridgehead atoms. The van der Waals surface area contributed by atoms with Crippen LogP contribution in [0.25, 0.3) is 0 Å². The van der Waals surface area contributed by atoms with Gasteiger partial charge in [-0.05, 0) is 23.6 Å². The van der Waals surface area contributed by atoms with Crippen molar-refractivity contribution in [2.24, 2.45) is 5.92 Å². The molecule has 122 valence electrons. The fourth-order valence-corrected chi connectivity index (χ4v) is 3.78. The fraction of sp³-hybridized carbons (Fsp3) is 0.500. The number of nitrogens with one attached hydrogen (secondary N) is 3. The summed E-state index contributed by atoms with van der Waals surface area (Å²) in [6.07, 6.45) is 0. The monoisotopic (exact) mass is 327 g/mol. The summed E-state index contributed by atoms with van der Waals surface area (Å²) >= 11 is 0. The molecule has 0 aliphatic carbocycles. The largest absolute Gasteiger partial charge is 0.469 e. The number of rotatable bonds is 5. The number of ether oxygens (including phenoxy) is 1. The molecule has 2 atom stereocenters. The first-order valence-corrected chi connectivity index (χ1v) is 8.57. The SMILES string of the molecule is COC(=O)C1CNNC1S(=O)(=O)Nc1cccc(C(C)C)c1. The summed E-state index contributed by atoms with van der Waals surface area (Å²) in [4.78, 5) is 11.7. The van der Waals surface area contributed by atoms with Crippen LogP contribution >= 0.6 is 0 Å². The molecule has 1 aromatic carbocycles. The van der Waals surface area contributed by atoms with Crippen molar-refractivity contribution in [2.45, 2.75) is 25.1 Å². The minimum Gasteiger partial charge on any atom is -0.469 e. The van der Waals surface area contributed by atoms with Gasteiger partial charge < -0.3 is 4.74 Å². The summed E-state index contributed by atoms with van der Waals surface area (Å²) in [5, 5.41) is -1.08. The molecule has 22 heavy (non-hydrogen) atoms. The summed E-state index contributed by atoms with van der Waals surface area (Å²) in [5.74, 6) is -1.07. The van der Waals surface area contributed by atoms with Crippen molar-refractivity contribution in [3.05, 3.63) is 29.8 Å². The highest BCUT2D eigenvalue weighted by Crippen LogP contribution is 2.22. The average molecular weight is 327 g/mol. The van der Waals surface area contributed by atoms with Gasteiger partial charge in [-0.3, -0.25) is 14.9 Å². The molecule has 1 aliphatic heterocycles. The Bertz CT molecular complexity index is 645. The zero-order chi connectivity index (χ0) is 16.3. The van der Waals surface area contributed by atoms with E-state index in [2.05, 4.69) is 20.3 Å². The molecule has 1 saturated heterocycles. The molecule has 0 amide bonds. The minimum absolute atomic E-state index is 0.199. The summed E-state index contributed by atoms with van der Waals surface area (Å²) < 4.78 is 32.2. The van der Waals surface area contributed by atoms with Gasteiger partial charge in [0.15, 0.2) is 5.37 Å². The lowest BCUT2D eigenvalue weighted by Gasteiger charge is -2.18. The number of benzene rings is 1. The number of anilines is 1. The molecule has 0 radical (unpaired) electrons. The number of hydrogen-bond acceptors (Lipinski definition) is 6. The topological polar surface area (TPSA) is 96.5 Å². The second-order valence-corrected chi connectivity index (χ2v) is 7.30. The number of sulfonamides is 1. The number of esters is 1. The molecule has 1 fully saturated rings. The van der Waals surface area contributed by atoms with Crippen LogP contribution in [-0.4, -0.2) is 33.4 Å². The fourth-order valence-electron chi connectivity index (χ4n) is 2.32. The number of carbonyl (C=O) groups excluding carboxylic acids is 1. The van der Waals surface area contributed by atoms with Gasteiger partial charge in [-0.25, -0.2) is 13.8 Å². The summed E-state index contributed by atoms with van der Waals surface area (Å²) in [5.41, 5.74) is 6.81. The van der Waals surface area contributed by atoms with Crippen LogP contribution in [0.5, 0.6) is 0 Å². The van der Waals surface area contributed by atoms with Crippen LogP contribution in [0.4, 0.5) is 5.69 Å². The smallest absolute Gasteiger partial charge is 0.312 e. The van der Waals surface area contributed by atoms with Gasteiger partial charge in [0.2, 0.25) is 0 Å². The van der Waals surface area contributed by atoms with Crippen molar-refractivity contribution in [1.29, 1.82) is 0 Å². The summed E-state index contributed by atoms with van der Waals surface area (Å²) in [7, 11) is -2.54. The van der Waals surface area contributed by atoms with Crippen LogP contribution < -0.4 is 15.6 Å². The Labute approximate surface area is 130 Å². The Hall–Kier alpha value is -1.64. The molecule has 2 unspecified atom stereocenters. The zero-order valence-electron chi connectivity index (χ0n) is 12.8. The van der Waals surface area contributed by atoms with Gasteiger partial charge in [-0.1, -0.05) is 26.0 Å². The molecule has 1 aliphatic rings. The average Bonchev–Trinajstić information content (AvgIpc) is 2.96. The Balaban J connectivity index is 2.20. The predicted octanol–water partition coefficient (Wildman–Crippen LogP) is 0.775. The number of carbonyl (C=O) groups is 1. The third-order valence-corrected chi connectivity index (χ3v) is 5.22. The maximum absolute atomic E-state index is 12.5. The van der Waals surface area contributed by atoms with Crippen LogP contribution in [-0.2, 0) is 19.6 Å². The third kappa shape index (κ3) is 3.57. The zero-order valence-corrected chi connectivity index (χ0v) is 13.6. The molecular formula is C14H21N3O4S. The van der Waals surface area contributed by atoms with Crippen molar-refractivity contribution in [2.75, 3.05) is 18.4 Å². The molecule has 0 spiro atoms. The molecule has 0 aromatic heterocycles. The first kappa shape index (κ1) is 16.7. The van der Waals surface area contributed by atoms with Gasteiger partial charge in [-0.15, -0.1) is 0 Å². The molecule has 1 heterocycles. The Morgan fingerprint density at radius 3 is 2.77 bits per heavy atom. The predicted molar refractivity (Wildman–Crippen MR) is 83.5 cm³/mol. The van der Waals surface area contributed by atoms with E-state index in [-0.39, 0.29) is 6.54 Å². The maximum Gasteiger partial charge on any atom is 0.312 e. The summed E-state index contributed by atoms with van der Waals surface area (Å²) in [6, 6.07) is 7.21. The molecule has 2 rings (SSSR count). The number of methoxy groups -OCH3 is 1. The van der Waals surface area contributed by atoms with E-state index in [1.54, 1.807) is 18.2 Å². The molecule has 1 aromatic rings. The van der Waals surface area contributed by atoms with Crippen molar-refractivity contribution in [3.63, 3.8) is 0 Å². The highest BCUT2D eigenvalue weighted by molar-refractivity contribution is 7.93. The van der Waals surface area contributed by atoms with Crippen LogP contribution in [0, 0.1) is 5.92 Å². The van der Waals surface area contributed by atoms with Crippen LogP contribution in [0.2, 0.25) is 0 Å². The second-order valence-electron chi connectivity index (χ2n) is 5.50. The lowest BCUT2D eigenvalue weighted by atomic mass is 10.0. The normalized spacial score (nSPS) is 21.8. The molecular weight excluding hydrogens is 306 g/mol. The lowest BCUT2D eigenvalue weighted by Crippen LogP contribution is -2.44. The second kappa shape index (κ2) is 6.64. The van der Waals surface area contributed by atoms with Crippen LogP contribution in [0.1, 0.15) is 25.3 Å². The van der Waals surface area contributed by atoms with Gasteiger partial charge in [0.1, 0.15) is 5.92 Å². The van der Waals surface area contributed by atoms with E-state index in [4.69, 9.17) is 0 Å². The van der Waals surface area contributed by atoms with E-state index < -0.39 is 27.3 Å². The Kier molecular flexibility index (Phi) is 5.05. The molecule has 3 N–H and O–H groups in total. The van der Waals surface area contributed by atoms with E-state index in [0.717, 1.165) is 5.56 Å². The molecule has 8 heteroatoms. The molecule has 7 nitrogen and oxygen atoms in total. The van der Waals surface area contributed by atoms with E-state index >= 15 is 0 Å². The standard InChI is InChI=1S/C14H21N3O4S/c1-9(2)10-5-4-6-11(7-10)17-22(19,20)13-12(8-15-16-13)14(18)21-3/h4-7,9,12-13,15-17H,8H2,1-3H3. The summed E-state index contributed by atoms with van der Waals surface area (Å²) in [6.45, 7) is 4.26. The van der Waals surface area contributed by atoms with Crippen LogP contribution in [0.15, 0.2) is 24.3 Å². The van der Waals surface area contributed by atoms with Crippen molar-refractivity contribution in [3.8, 4) is 0 Å². The van der Waals surface area contributed by atoms with E-state index in [1.807, 2.05) is 19.9 Å². The minimum atomic E-state index is -3.78. The number of hydrazine groups is 1. The molecule has 0 saturated carbocycles. The van der Waals surface area contributed by atoms with E-state index in [1.165, 1.54) is 7.11 Å². The van der Waals surface area contributed by atoms with Gasteiger partial charge in [-0.2, -0.15) is 0 Å². The number of hydrogen-bond donors (Lipinski definition) is 3. The lowest BCUT2D eigenvalue weighted by molar-refractivity contribution is -0.144. The van der Waals surface area contributed by atoms with Gasteiger partial charge >= 0.3 is 5.97 Å². The highest BCUT2D eigenvalue weighted by atomic mass is 32.2. The van der Waals surface area contributed by atoms with Gasteiger partial charge in [0.05, 0.1) is 7.11 Å². The van der Waals surface area contributed by atoms with Crippen LogP contribution in [0.3, 0.4) is 0 Å². The van der Waals surface area contributed by atoms with Crippen molar-refractivity contribution in [1.82, 2.24) is 10.9 Å². The van der Waals surface area contributed by atoms with Crippen molar-refractivity contribution >= 4 is 21.7 Å². The highest BCUT2D eigenvalue weighted by Gasteiger charge is 2.42. The van der Waals surface area contributed by atoms with E-state index in [0.29, 0.717) is 11.6 Å². The Morgan fingerprint density at radius 2 is 2.14 bits per heavy atom. The maximum atomic E-state index is 12.5. The quantitative estimate of drug-likeness (QED) is 0.692. The van der Waals surface area contributed by atoms with Gasteiger partial charge in [0, 0.05) is 12.2 Å². The van der Waals surface area contributed by atoms with E-state index in [9.17, 15) is 13.2 Å². The third-order valence-electron chi connectivity index (χ3n) is 3.58. The first-order chi connectivity index (χ1) is 10.3. The Morgan fingerprint density at radius 1 is 1.41 bits per heavy atom. The first-order valence-electron chi connectivity index (χ1n) is 7.03. The van der Waals surface area contributed by atoms with Gasteiger partial charge in [0.25, 0.3) is 10.0 Å². The van der Waals surface area contributed by atoms with Crippen molar-refractivity contribution < 1.29 is 17.9 Å².